The Hall–Kier alpha value is -2.36. The van der Waals surface area contributed by atoms with Crippen LogP contribution in [0.25, 0.3) is 10.4 Å². The van der Waals surface area contributed by atoms with E-state index in [0.717, 1.165) is 11.3 Å². The highest BCUT2D eigenvalue weighted by molar-refractivity contribution is 5.75. The highest BCUT2D eigenvalue weighted by Gasteiger charge is 2.48. The first kappa shape index (κ1) is 25.9. The van der Waals surface area contributed by atoms with Crippen LogP contribution in [0.1, 0.15) is 33.3 Å². The summed E-state index contributed by atoms with van der Waals surface area (Å²) in [5.74, 6) is 0.351. The van der Waals surface area contributed by atoms with Crippen molar-refractivity contribution in [2.24, 2.45) is 10.5 Å². The fourth-order valence-electron chi connectivity index (χ4n) is 3.27. The molecular weight excluding hydrogens is 418 g/mol. The van der Waals surface area contributed by atoms with Gasteiger partial charge in [-0.2, -0.15) is 0 Å². The second-order valence-corrected chi connectivity index (χ2v) is 8.37. The minimum atomic E-state index is -0.815. The number of ether oxygens (including phenoxy) is 6. The van der Waals surface area contributed by atoms with E-state index in [0.29, 0.717) is 6.61 Å². The van der Waals surface area contributed by atoms with Crippen LogP contribution < -0.4 is 4.74 Å². The summed E-state index contributed by atoms with van der Waals surface area (Å²) in [5, 5.41) is 3.94. The topological polar surface area (TPSA) is 121 Å². The van der Waals surface area contributed by atoms with Gasteiger partial charge in [0, 0.05) is 18.6 Å². The van der Waals surface area contributed by atoms with Crippen LogP contribution in [0.15, 0.2) is 29.4 Å². The van der Waals surface area contributed by atoms with Gasteiger partial charge in [0.05, 0.1) is 31.3 Å². The average molecular weight is 452 g/mol. The molecule has 2 rings (SSSR count). The van der Waals surface area contributed by atoms with Gasteiger partial charge in [-0.15, -0.1) is 0 Å². The Kier molecular flexibility index (Phi) is 9.74. The SMILES string of the molecule is CCO[C@@H]1[C@@H](OC)O[C@H](COC(=O)C(C)(C)C)[C@@H](OCc2ccc(OC)cc2)[C@H]1N=[N+]=[N-]. The van der Waals surface area contributed by atoms with Gasteiger partial charge in [0.15, 0.2) is 6.29 Å². The standard InChI is InChI=1S/C22H33N3O7/c1-7-29-19-17(24-25-23)18(30-12-14-8-10-15(27-5)11-9-14)16(32-20(19)28-6)13-31-21(26)22(2,3)4/h8-11,16-20H,7,12-13H2,1-6H3/t16-,17-,18-,19+,20+/m1/s1. The van der Waals surface area contributed by atoms with Crippen LogP contribution >= 0.6 is 0 Å². The fraction of sp³-hybridized carbons (Fsp3) is 0.682. The van der Waals surface area contributed by atoms with Crippen LogP contribution in [0.5, 0.6) is 5.75 Å². The quantitative estimate of drug-likeness (QED) is 0.230. The first-order valence-electron chi connectivity index (χ1n) is 10.5. The molecule has 0 bridgehead atoms. The Morgan fingerprint density at radius 1 is 1.16 bits per heavy atom. The van der Waals surface area contributed by atoms with Crippen molar-refractivity contribution < 1.29 is 33.2 Å². The normalized spacial score (nSPS) is 25.6. The van der Waals surface area contributed by atoms with Gasteiger partial charge in [0.1, 0.15) is 24.6 Å². The highest BCUT2D eigenvalue weighted by atomic mass is 16.7. The number of hydrogen-bond acceptors (Lipinski definition) is 8. The second-order valence-electron chi connectivity index (χ2n) is 8.37. The molecular formula is C22H33N3O7. The van der Waals surface area contributed by atoms with E-state index >= 15 is 0 Å². The molecule has 1 heterocycles. The average Bonchev–Trinajstić information content (AvgIpc) is 2.77. The Bertz CT molecular complexity index is 775. The molecule has 10 heteroatoms. The van der Waals surface area contributed by atoms with Crippen molar-refractivity contribution in [3.63, 3.8) is 0 Å². The molecule has 1 saturated heterocycles. The maximum atomic E-state index is 12.3. The first-order chi connectivity index (χ1) is 15.2. The van der Waals surface area contributed by atoms with Gasteiger partial charge in [0.2, 0.25) is 0 Å². The van der Waals surface area contributed by atoms with E-state index in [1.54, 1.807) is 27.9 Å². The first-order valence-corrected chi connectivity index (χ1v) is 10.5. The van der Waals surface area contributed by atoms with Gasteiger partial charge in [-0.25, -0.2) is 0 Å². The van der Waals surface area contributed by atoms with Crippen LogP contribution in [0.2, 0.25) is 0 Å². The lowest BCUT2D eigenvalue weighted by atomic mass is 9.95. The molecule has 0 unspecified atom stereocenters. The minimum absolute atomic E-state index is 0.0838. The van der Waals surface area contributed by atoms with E-state index in [2.05, 4.69) is 10.0 Å². The molecule has 0 saturated carbocycles. The number of methoxy groups -OCH3 is 2. The van der Waals surface area contributed by atoms with E-state index in [1.165, 1.54) is 7.11 Å². The predicted octanol–water partition coefficient (Wildman–Crippen LogP) is 3.63. The molecule has 1 aliphatic rings. The van der Waals surface area contributed by atoms with Crippen molar-refractivity contribution in [2.45, 2.75) is 64.9 Å². The molecule has 1 aromatic carbocycles. The molecule has 32 heavy (non-hydrogen) atoms. The molecule has 1 aliphatic heterocycles. The molecule has 1 fully saturated rings. The third kappa shape index (κ3) is 6.82. The molecule has 0 aliphatic carbocycles. The number of hydrogen-bond donors (Lipinski definition) is 0. The molecule has 0 N–H and O–H groups in total. The summed E-state index contributed by atoms with van der Waals surface area (Å²) < 4.78 is 34.0. The van der Waals surface area contributed by atoms with Crippen molar-refractivity contribution in [1.82, 2.24) is 0 Å². The van der Waals surface area contributed by atoms with Gasteiger partial charge in [-0.3, -0.25) is 4.79 Å². The Labute approximate surface area is 188 Å². The summed E-state index contributed by atoms with van der Waals surface area (Å²) in [5.41, 5.74) is 9.41. The molecule has 0 aromatic heterocycles. The minimum Gasteiger partial charge on any atom is -0.497 e. The van der Waals surface area contributed by atoms with Crippen molar-refractivity contribution in [3.05, 3.63) is 40.3 Å². The van der Waals surface area contributed by atoms with Crippen LogP contribution in [0, 0.1) is 5.41 Å². The highest BCUT2D eigenvalue weighted by Crippen LogP contribution is 2.30. The number of azide groups is 1. The van der Waals surface area contributed by atoms with E-state index < -0.39 is 36.1 Å². The van der Waals surface area contributed by atoms with E-state index in [9.17, 15) is 10.3 Å². The fourth-order valence-corrected chi connectivity index (χ4v) is 3.27. The smallest absolute Gasteiger partial charge is 0.311 e. The number of carbonyl (C=O) groups excluding carboxylic acids is 1. The Morgan fingerprint density at radius 2 is 1.84 bits per heavy atom. The summed E-state index contributed by atoms with van der Waals surface area (Å²) in [6.07, 6.45) is -2.96. The van der Waals surface area contributed by atoms with Gasteiger partial charge >= 0.3 is 5.97 Å². The lowest BCUT2D eigenvalue weighted by Crippen LogP contribution is -2.60. The Morgan fingerprint density at radius 3 is 2.38 bits per heavy atom. The monoisotopic (exact) mass is 451 g/mol. The molecule has 0 radical (unpaired) electrons. The largest absolute Gasteiger partial charge is 0.497 e. The number of carbonyl (C=O) groups is 1. The lowest BCUT2D eigenvalue weighted by Gasteiger charge is -2.44. The van der Waals surface area contributed by atoms with Crippen molar-refractivity contribution in [3.8, 4) is 5.75 Å². The summed E-state index contributed by atoms with van der Waals surface area (Å²) in [7, 11) is 3.07. The number of benzene rings is 1. The third-order valence-electron chi connectivity index (χ3n) is 4.99. The van der Waals surface area contributed by atoms with Gasteiger partial charge in [-0.1, -0.05) is 17.2 Å². The van der Waals surface area contributed by atoms with Crippen molar-refractivity contribution in [1.29, 1.82) is 0 Å². The molecule has 10 nitrogen and oxygen atoms in total. The van der Waals surface area contributed by atoms with Crippen molar-refractivity contribution in [2.75, 3.05) is 27.4 Å². The molecule has 0 spiro atoms. The number of rotatable bonds is 10. The molecule has 1 aromatic rings. The Balaban J connectivity index is 2.26. The van der Waals surface area contributed by atoms with Gasteiger partial charge in [-0.05, 0) is 50.9 Å². The van der Waals surface area contributed by atoms with Crippen LogP contribution in [0.3, 0.4) is 0 Å². The van der Waals surface area contributed by atoms with E-state index in [-0.39, 0.29) is 19.2 Å². The molecule has 0 amide bonds. The summed E-state index contributed by atoms with van der Waals surface area (Å²) in [6.45, 7) is 7.61. The zero-order chi connectivity index (χ0) is 23.7. The number of esters is 1. The number of nitrogens with zero attached hydrogens (tertiary/aromatic N) is 3. The summed E-state index contributed by atoms with van der Waals surface area (Å²) >= 11 is 0. The summed E-state index contributed by atoms with van der Waals surface area (Å²) in [6, 6.07) is 6.64. The predicted molar refractivity (Wildman–Crippen MR) is 116 cm³/mol. The zero-order valence-corrected chi connectivity index (χ0v) is 19.5. The van der Waals surface area contributed by atoms with Crippen molar-refractivity contribution >= 4 is 5.97 Å². The third-order valence-corrected chi connectivity index (χ3v) is 4.99. The van der Waals surface area contributed by atoms with E-state index in [1.807, 2.05) is 31.2 Å². The van der Waals surface area contributed by atoms with Crippen LogP contribution in [0.4, 0.5) is 0 Å². The molecule has 178 valence electrons. The summed E-state index contributed by atoms with van der Waals surface area (Å²) in [4.78, 5) is 15.3. The maximum absolute atomic E-state index is 12.3. The van der Waals surface area contributed by atoms with Crippen LogP contribution in [-0.4, -0.2) is 64.0 Å². The van der Waals surface area contributed by atoms with Gasteiger partial charge < -0.3 is 28.4 Å². The van der Waals surface area contributed by atoms with E-state index in [4.69, 9.17) is 28.4 Å². The van der Waals surface area contributed by atoms with Crippen LogP contribution in [-0.2, 0) is 35.1 Å². The molecule has 5 atom stereocenters. The second kappa shape index (κ2) is 12.0. The lowest BCUT2D eigenvalue weighted by molar-refractivity contribution is -0.285. The maximum Gasteiger partial charge on any atom is 0.311 e. The van der Waals surface area contributed by atoms with Gasteiger partial charge in [0.25, 0.3) is 0 Å². The zero-order valence-electron chi connectivity index (χ0n) is 19.5.